The number of hydrogen-bond donors (Lipinski definition) is 1. The Labute approximate surface area is 129 Å². The largest absolute Gasteiger partial charge is 0.433 e. The van der Waals surface area contributed by atoms with Crippen molar-refractivity contribution in [3.8, 4) is 0 Å². The Morgan fingerprint density at radius 2 is 2.09 bits per heavy atom. The summed E-state index contributed by atoms with van der Waals surface area (Å²) in [5, 5.41) is 3.08. The van der Waals surface area contributed by atoms with Crippen molar-refractivity contribution in [1.29, 1.82) is 0 Å². The smallest absolute Gasteiger partial charge is 0.368 e. The molecule has 1 aromatic heterocycles. The average molecular weight is 315 g/mol. The maximum Gasteiger partial charge on any atom is 0.433 e. The summed E-state index contributed by atoms with van der Waals surface area (Å²) >= 11 is 0. The molecular weight excluding hydrogens is 291 g/mol. The molecule has 1 atom stereocenters. The fourth-order valence-electron chi connectivity index (χ4n) is 2.91. The van der Waals surface area contributed by atoms with Crippen LogP contribution >= 0.6 is 0 Å². The topological polar surface area (TPSA) is 28.2 Å². The summed E-state index contributed by atoms with van der Waals surface area (Å²) in [4.78, 5) is 6.10. The molecule has 0 bridgehead atoms. The van der Waals surface area contributed by atoms with Gasteiger partial charge in [-0.15, -0.1) is 0 Å². The molecule has 124 valence electrons. The van der Waals surface area contributed by atoms with Gasteiger partial charge in [-0.05, 0) is 37.4 Å². The Hall–Kier alpha value is -1.30. The first-order chi connectivity index (χ1) is 10.4. The molecule has 2 rings (SSSR count). The summed E-state index contributed by atoms with van der Waals surface area (Å²) in [6, 6.07) is 4.35. The van der Waals surface area contributed by atoms with Gasteiger partial charge in [0.05, 0.1) is 0 Å². The van der Waals surface area contributed by atoms with Crippen LogP contribution in [0.4, 0.5) is 19.0 Å². The Morgan fingerprint density at radius 1 is 1.32 bits per heavy atom. The minimum Gasteiger partial charge on any atom is -0.368 e. The van der Waals surface area contributed by atoms with Gasteiger partial charge in [-0.3, -0.25) is 4.90 Å². The summed E-state index contributed by atoms with van der Waals surface area (Å²) < 4.78 is 38.0. The van der Waals surface area contributed by atoms with E-state index in [1.165, 1.54) is 18.9 Å². The molecule has 0 saturated carbocycles. The molecule has 1 aliphatic heterocycles. The van der Waals surface area contributed by atoms with Crippen molar-refractivity contribution in [3.63, 3.8) is 0 Å². The summed E-state index contributed by atoms with van der Waals surface area (Å²) in [7, 11) is 0. The predicted octanol–water partition coefficient (Wildman–Crippen LogP) is 4.02. The summed E-state index contributed by atoms with van der Waals surface area (Å²) in [5.41, 5.74) is -0.847. The first-order valence-electron chi connectivity index (χ1n) is 7.88. The number of likely N-dealkylation sites (tertiary alicyclic amines) is 1. The number of rotatable bonds is 5. The first kappa shape index (κ1) is 17.1. The van der Waals surface area contributed by atoms with Gasteiger partial charge in [-0.1, -0.05) is 26.3 Å². The zero-order valence-electron chi connectivity index (χ0n) is 13.2. The first-order valence-corrected chi connectivity index (χ1v) is 7.88. The second-order valence-corrected chi connectivity index (χ2v) is 6.33. The molecule has 1 aromatic rings. The van der Waals surface area contributed by atoms with E-state index in [1.54, 1.807) is 6.07 Å². The van der Waals surface area contributed by atoms with Gasteiger partial charge >= 0.3 is 6.18 Å². The van der Waals surface area contributed by atoms with Gasteiger partial charge < -0.3 is 5.32 Å². The molecule has 0 spiro atoms. The van der Waals surface area contributed by atoms with Crippen molar-refractivity contribution in [3.05, 3.63) is 23.9 Å². The lowest BCUT2D eigenvalue weighted by atomic mass is 10.0. The normalized spacial score (nSPS) is 20.4. The molecular formula is C16H24F3N3. The molecule has 1 saturated heterocycles. The highest BCUT2D eigenvalue weighted by atomic mass is 19.4. The molecule has 2 heterocycles. The number of aromatic nitrogens is 1. The second kappa shape index (κ2) is 7.31. The number of pyridine rings is 1. The van der Waals surface area contributed by atoms with Crippen LogP contribution in [-0.2, 0) is 6.18 Å². The predicted molar refractivity (Wildman–Crippen MR) is 81.8 cm³/mol. The lowest BCUT2D eigenvalue weighted by Gasteiger charge is -2.37. The monoisotopic (exact) mass is 315 g/mol. The fourth-order valence-corrected chi connectivity index (χ4v) is 2.91. The highest BCUT2D eigenvalue weighted by molar-refractivity contribution is 5.36. The van der Waals surface area contributed by atoms with Crippen LogP contribution in [0.15, 0.2) is 18.2 Å². The number of alkyl halides is 3. The van der Waals surface area contributed by atoms with Gasteiger partial charge in [0, 0.05) is 19.1 Å². The maximum atomic E-state index is 12.7. The number of piperidine rings is 1. The number of nitrogens with zero attached hydrogens (tertiary/aromatic N) is 2. The van der Waals surface area contributed by atoms with E-state index in [4.69, 9.17) is 0 Å². The summed E-state index contributed by atoms with van der Waals surface area (Å²) in [5.74, 6) is 0.886. The molecule has 1 N–H and O–H groups in total. The zero-order chi connectivity index (χ0) is 16.2. The van der Waals surface area contributed by atoms with E-state index in [2.05, 4.69) is 29.0 Å². The third-order valence-electron chi connectivity index (χ3n) is 3.91. The fraction of sp³-hybridized carbons (Fsp3) is 0.688. The highest BCUT2D eigenvalue weighted by Crippen LogP contribution is 2.28. The number of nitrogens with one attached hydrogen (secondary N) is 1. The molecule has 3 nitrogen and oxygen atoms in total. The zero-order valence-corrected chi connectivity index (χ0v) is 13.2. The minimum atomic E-state index is -4.40. The molecule has 0 aromatic carbocycles. The second-order valence-electron chi connectivity index (χ2n) is 6.33. The molecule has 1 unspecified atom stereocenters. The third-order valence-corrected chi connectivity index (χ3v) is 3.91. The van der Waals surface area contributed by atoms with Gasteiger partial charge in [-0.25, -0.2) is 4.98 Å². The van der Waals surface area contributed by atoms with Crippen molar-refractivity contribution in [2.24, 2.45) is 5.92 Å². The van der Waals surface area contributed by atoms with E-state index >= 15 is 0 Å². The van der Waals surface area contributed by atoms with E-state index in [-0.39, 0.29) is 0 Å². The molecule has 22 heavy (non-hydrogen) atoms. The van der Waals surface area contributed by atoms with E-state index in [9.17, 15) is 13.2 Å². The molecule has 1 fully saturated rings. The third kappa shape index (κ3) is 4.87. The van der Waals surface area contributed by atoms with Gasteiger partial charge in [0.1, 0.15) is 11.5 Å². The van der Waals surface area contributed by atoms with Gasteiger partial charge in [0.2, 0.25) is 0 Å². The van der Waals surface area contributed by atoms with Crippen LogP contribution in [0.5, 0.6) is 0 Å². The number of hydrogen-bond acceptors (Lipinski definition) is 3. The van der Waals surface area contributed by atoms with Gasteiger partial charge in [0.15, 0.2) is 0 Å². The van der Waals surface area contributed by atoms with E-state index in [0.29, 0.717) is 24.3 Å². The lowest BCUT2D eigenvalue weighted by Crippen LogP contribution is -2.45. The van der Waals surface area contributed by atoms with Crippen molar-refractivity contribution in [1.82, 2.24) is 9.88 Å². The van der Waals surface area contributed by atoms with Crippen molar-refractivity contribution < 1.29 is 13.2 Å². The molecule has 0 aliphatic carbocycles. The van der Waals surface area contributed by atoms with Crippen LogP contribution in [0, 0.1) is 5.92 Å². The summed E-state index contributed by atoms with van der Waals surface area (Å²) in [6.07, 6.45) is -0.938. The van der Waals surface area contributed by atoms with Gasteiger partial charge in [-0.2, -0.15) is 13.2 Å². The summed E-state index contributed by atoms with van der Waals surface area (Å²) in [6.45, 7) is 7.12. The number of anilines is 1. The van der Waals surface area contributed by atoms with Crippen LogP contribution in [-0.4, -0.2) is 35.6 Å². The molecule has 0 amide bonds. The van der Waals surface area contributed by atoms with E-state index < -0.39 is 11.9 Å². The molecule has 1 aliphatic rings. The highest BCUT2D eigenvalue weighted by Gasteiger charge is 2.32. The van der Waals surface area contributed by atoms with Crippen LogP contribution in [0.25, 0.3) is 0 Å². The van der Waals surface area contributed by atoms with E-state index in [0.717, 1.165) is 25.6 Å². The standard InChI is InChI=1S/C16H24F3N3/c1-12(2)11-22-9-4-3-6-13(22)10-20-15-8-5-7-14(21-15)16(17,18)19/h5,7-8,12-13H,3-4,6,9-11H2,1-2H3,(H,20,21). The Bertz CT molecular complexity index is 474. The van der Waals surface area contributed by atoms with Crippen molar-refractivity contribution >= 4 is 5.82 Å². The minimum absolute atomic E-state index is 0.296. The van der Waals surface area contributed by atoms with Crippen molar-refractivity contribution in [2.75, 3.05) is 25.0 Å². The van der Waals surface area contributed by atoms with Crippen LogP contribution in [0.2, 0.25) is 0 Å². The molecule has 0 radical (unpaired) electrons. The molecule has 6 heteroatoms. The lowest BCUT2D eigenvalue weighted by molar-refractivity contribution is -0.141. The maximum absolute atomic E-state index is 12.7. The SMILES string of the molecule is CC(C)CN1CCCCC1CNc1cccc(C(F)(F)F)n1. The van der Waals surface area contributed by atoms with Crippen molar-refractivity contribution in [2.45, 2.75) is 45.3 Å². The van der Waals surface area contributed by atoms with Gasteiger partial charge in [0.25, 0.3) is 0 Å². The van der Waals surface area contributed by atoms with Crippen LogP contribution in [0.1, 0.15) is 38.8 Å². The average Bonchev–Trinajstić information content (AvgIpc) is 2.45. The number of halogens is 3. The Balaban J connectivity index is 1.96. The van der Waals surface area contributed by atoms with E-state index in [1.807, 2.05) is 0 Å². The van der Waals surface area contributed by atoms with Crippen LogP contribution in [0.3, 0.4) is 0 Å². The quantitative estimate of drug-likeness (QED) is 0.889. The Morgan fingerprint density at radius 3 is 2.77 bits per heavy atom. The van der Waals surface area contributed by atoms with Crippen LogP contribution < -0.4 is 5.32 Å². The Kier molecular flexibility index (Phi) is 5.67.